The average molecular weight is 489 g/mol. The van der Waals surface area contributed by atoms with E-state index in [9.17, 15) is 9.59 Å². The molecule has 1 heterocycles. The van der Waals surface area contributed by atoms with Crippen LogP contribution in [-0.2, 0) is 22.6 Å². The molecule has 4 rings (SSSR count). The van der Waals surface area contributed by atoms with Crippen LogP contribution < -0.4 is 19.9 Å². The lowest BCUT2D eigenvalue weighted by Gasteiger charge is -2.17. The number of nitrogens with zero attached hydrogens (tertiary/aromatic N) is 1. The van der Waals surface area contributed by atoms with Crippen LogP contribution in [0.2, 0.25) is 5.02 Å². The van der Waals surface area contributed by atoms with E-state index in [0.29, 0.717) is 40.8 Å². The summed E-state index contributed by atoms with van der Waals surface area (Å²) in [7, 11) is 0. The second kappa shape index (κ2) is 10.9. The number of rotatable bonds is 9. The van der Waals surface area contributed by atoms with Gasteiger partial charge in [-0.1, -0.05) is 54.1 Å². The van der Waals surface area contributed by atoms with Crippen molar-refractivity contribution >= 4 is 35.2 Å². The van der Waals surface area contributed by atoms with Crippen molar-refractivity contribution in [3.05, 3.63) is 107 Å². The van der Waals surface area contributed by atoms with E-state index in [-0.39, 0.29) is 12.2 Å². The Kier molecular flexibility index (Phi) is 7.53. The molecular weight excluding hydrogens is 464 g/mol. The summed E-state index contributed by atoms with van der Waals surface area (Å²) in [5.74, 6) is 0.183. The summed E-state index contributed by atoms with van der Waals surface area (Å²) in [6.07, 6.45) is 3.83. The molecule has 0 saturated carbocycles. The van der Waals surface area contributed by atoms with Crippen LogP contribution in [0.3, 0.4) is 0 Å². The number of halogens is 1. The van der Waals surface area contributed by atoms with Crippen molar-refractivity contribution in [1.29, 1.82) is 0 Å². The summed E-state index contributed by atoms with van der Waals surface area (Å²) < 4.78 is 12.0. The van der Waals surface area contributed by atoms with Crippen LogP contribution in [-0.4, -0.2) is 18.4 Å². The maximum Gasteiger partial charge on any atom is 0.282 e. The molecule has 1 N–H and O–H groups in total. The van der Waals surface area contributed by atoms with E-state index in [4.69, 9.17) is 21.1 Å². The molecule has 3 aromatic rings. The molecule has 1 aliphatic heterocycles. The topological polar surface area (TPSA) is 67.9 Å². The molecule has 7 heteroatoms. The van der Waals surface area contributed by atoms with Gasteiger partial charge in [0.05, 0.1) is 12.3 Å². The van der Waals surface area contributed by atoms with Gasteiger partial charge in [-0.05, 0) is 55.3 Å². The van der Waals surface area contributed by atoms with Gasteiger partial charge >= 0.3 is 0 Å². The normalized spacial score (nSPS) is 14.2. The first-order valence-electron chi connectivity index (χ1n) is 11.2. The zero-order chi connectivity index (χ0) is 24.8. The Labute approximate surface area is 209 Å². The molecule has 0 bridgehead atoms. The summed E-state index contributed by atoms with van der Waals surface area (Å²) >= 11 is 6.29. The molecule has 0 radical (unpaired) electrons. The van der Waals surface area contributed by atoms with Crippen molar-refractivity contribution < 1.29 is 19.1 Å². The number of nitrogens with one attached hydrogen (secondary N) is 1. The van der Waals surface area contributed by atoms with Gasteiger partial charge in [-0.25, -0.2) is 5.01 Å². The predicted molar refractivity (Wildman–Crippen MR) is 137 cm³/mol. The minimum Gasteiger partial charge on any atom is -0.490 e. The molecule has 0 aliphatic carbocycles. The Morgan fingerprint density at radius 3 is 2.46 bits per heavy atom. The average Bonchev–Trinajstić information content (AvgIpc) is 3.14. The van der Waals surface area contributed by atoms with Gasteiger partial charge in [0.25, 0.3) is 11.8 Å². The fourth-order valence-corrected chi connectivity index (χ4v) is 3.94. The van der Waals surface area contributed by atoms with E-state index in [2.05, 4.69) is 12.0 Å². The number of hydrogen-bond acceptors (Lipinski definition) is 4. The van der Waals surface area contributed by atoms with Crippen molar-refractivity contribution in [2.75, 3.05) is 11.6 Å². The number of hydrazine groups is 1. The minimum absolute atomic E-state index is 0.0330. The molecule has 1 fully saturated rings. The third-order valence-corrected chi connectivity index (χ3v) is 5.73. The largest absolute Gasteiger partial charge is 0.490 e. The number of para-hydroxylation sites is 1. The first-order valence-corrected chi connectivity index (χ1v) is 11.6. The standard InChI is InChI=1S/C28H25ClN2O4/c1-3-10-20-15-19(16-23-27(32)30-31(28(23)33)22-12-6-5-7-13-22)17-25(34-4-2)26(20)35-18-21-11-8-9-14-24(21)29/h3,5-9,11-17H,1,4,10,18H2,2H3,(H,30,32). The van der Waals surface area contributed by atoms with Gasteiger partial charge in [0.15, 0.2) is 11.5 Å². The summed E-state index contributed by atoms with van der Waals surface area (Å²) in [6, 6.07) is 20.0. The number of anilines is 1. The van der Waals surface area contributed by atoms with Gasteiger partial charge in [0.2, 0.25) is 0 Å². The Morgan fingerprint density at radius 2 is 1.74 bits per heavy atom. The molecule has 0 unspecified atom stereocenters. The van der Waals surface area contributed by atoms with Crippen LogP contribution in [0.1, 0.15) is 23.6 Å². The first kappa shape index (κ1) is 24.1. The molecule has 0 aromatic heterocycles. The molecule has 0 spiro atoms. The number of benzene rings is 3. The van der Waals surface area contributed by atoms with E-state index >= 15 is 0 Å². The Balaban J connectivity index is 1.68. The van der Waals surface area contributed by atoms with Gasteiger partial charge < -0.3 is 9.47 Å². The number of allylic oxidation sites excluding steroid dienone is 1. The number of carbonyl (C=O) groups is 2. The van der Waals surface area contributed by atoms with Crippen molar-refractivity contribution in [2.45, 2.75) is 20.0 Å². The van der Waals surface area contributed by atoms with Crippen molar-refractivity contribution in [1.82, 2.24) is 5.43 Å². The zero-order valence-electron chi connectivity index (χ0n) is 19.3. The lowest BCUT2D eigenvalue weighted by atomic mass is 10.0. The molecule has 178 valence electrons. The van der Waals surface area contributed by atoms with Crippen LogP contribution in [0.5, 0.6) is 11.5 Å². The summed E-state index contributed by atoms with van der Waals surface area (Å²) in [4.78, 5) is 25.6. The highest BCUT2D eigenvalue weighted by atomic mass is 35.5. The number of ether oxygens (including phenoxy) is 2. The molecule has 0 atom stereocenters. The van der Waals surface area contributed by atoms with E-state index in [1.807, 2.05) is 43.3 Å². The fraction of sp³-hybridized carbons (Fsp3) is 0.143. The van der Waals surface area contributed by atoms with Gasteiger partial charge in [0, 0.05) is 16.1 Å². The van der Waals surface area contributed by atoms with E-state index < -0.39 is 11.8 Å². The molecule has 3 aromatic carbocycles. The quantitative estimate of drug-likeness (QED) is 0.245. The predicted octanol–water partition coefficient (Wildman–Crippen LogP) is 5.51. The summed E-state index contributed by atoms with van der Waals surface area (Å²) in [5, 5.41) is 1.86. The third-order valence-electron chi connectivity index (χ3n) is 5.36. The number of carbonyl (C=O) groups excluding carboxylic acids is 2. The highest BCUT2D eigenvalue weighted by Gasteiger charge is 2.34. The van der Waals surface area contributed by atoms with Crippen LogP contribution in [0.15, 0.2) is 85.0 Å². The van der Waals surface area contributed by atoms with Gasteiger partial charge in [0.1, 0.15) is 12.2 Å². The van der Waals surface area contributed by atoms with Crippen LogP contribution in [0.25, 0.3) is 6.08 Å². The smallest absolute Gasteiger partial charge is 0.282 e. The Bertz CT molecular complexity index is 1290. The van der Waals surface area contributed by atoms with Crippen molar-refractivity contribution in [3.63, 3.8) is 0 Å². The monoisotopic (exact) mass is 488 g/mol. The molecule has 1 saturated heterocycles. The highest BCUT2D eigenvalue weighted by Crippen LogP contribution is 2.36. The second-order valence-electron chi connectivity index (χ2n) is 7.79. The molecular formula is C28H25ClN2O4. The molecule has 1 aliphatic rings. The highest BCUT2D eigenvalue weighted by molar-refractivity contribution is 6.32. The SMILES string of the molecule is C=CCc1cc(C=C2C(=O)NN(c3ccccc3)C2=O)cc(OCC)c1OCc1ccccc1Cl. The number of amides is 2. The Hall–Kier alpha value is -4.03. The van der Waals surface area contributed by atoms with E-state index in [1.54, 1.807) is 42.5 Å². The zero-order valence-corrected chi connectivity index (χ0v) is 20.0. The van der Waals surface area contributed by atoms with E-state index in [0.717, 1.165) is 11.1 Å². The lowest BCUT2D eigenvalue weighted by Crippen LogP contribution is -2.35. The Morgan fingerprint density at radius 1 is 1.00 bits per heavy atom. The van der Waals surface area contributed by atoms with Crippen LogP contribution in [0, 0.1) is 0 Å². The van der Waals surface area contributed by atoms with E-state index in [1.165, 1.54) is 5.01 Å². The fourth-order valence-electron chi connectivity index (χ4n) is 3.75. The maximum atomic E-state index is 13.0. The minimum atomic E-state index is -0.471. The maximum absolute atomic E-state index is 13.0. The van der Waals surface area contributed by atoms with Crippen molar-refractivity contribution in [2.24, 2.45) is 0 Å². The van der Waals surface area contributed by atoms with Crippen LogP contribution in [0.4, 0.5) is 5.69 Å². The van der Waals surface area contributed by atoms with Gasteiger partial charge in [-0.15, -0.1) is 6.58 Å². The molecule has 35 heavy (non-hydrogen) atoms. The summed E-state index contributed by atoms with van der Waals surface area (Å²) in [6.45, 7) is 6.40. The first-order chi connectivity index (χ1) is 17.0. The van der Waals surface area contributed by atoms with Crippen molar-refractivity contribution in [3.8, 4) is 11.5 Å². The van der Waals surface area contributed by atoms with Gasteiger partial charge in [-0.3, -0.25) is 15.0 Å². The molecule has 2 amide bonds. The van der Waals surface area contributed by atoms with Crippen LogP contribution >= 0.6 is 11.6 Å². The second-order valence-corrected chi connectivity index (χ2v) is 8.20. The lowest BCUT2D eigenvalue weighted by molar-refractivity contribution is -0.117. The van der Waals surface area contributed by atoms with Gasteiger partial charge in [-0.2, -0.15) is 0 Å². The summed E-state index contributed by atoms with van der Waals surface area (Å²) in [5.41, 5.74) is 5.54. The number of hydrogen-bond donors (Lipinski definition) is 1. The third kappa shape index (κ3) is 5.39. The molecule has 6 nitrogen and oxygen atoms in total.